The van der Waals surface area contributed by atoms with Gasteiger partial charge in [0, 0.05) is 24.5 Å². The first-order valence-electron chi connectivity index (χ1n) is 7.86. The SMILES string of the molecule is C[C@@H](/C=N\NC(=O)c1ccccc1-n1cccc1)c1ccccc1. The lowest BCUT2D eigenvalue weighted by atomic mass is 10.0. The highest BCUT2D eigenvalue weighted by atomic mass is 16.2. The van der Waals surface area contributed by atoms with E-state index in [1.54, 1.807) is 12.3 Å². The lowest BCUT2D eigenvalue weighted by Gasteiger charge is -2.09. The van der Waals surface area contributed by atoms with Gasteiger partial charge in [-0.2, -0.15) is 5.10 Å². The van der Waals surface area contributed by atoms with E-state index in [2.05, 4.69) is 10.5 Å². The fraction of sp³-hybridized carbons (Fsp3) is 0.100. The zero-order valence-electron chi connectivity index (χ0n) is 13.5. The molecule has 3 rings (SSSR count). The van der Waals surface area contributed by atoms with Crippen molar-refractivity contribution < 1.29 is 4.79 Å². The zero-order valence-corrected chi connectivity index (χ0v) is 13.5. The molecule has 0 aliphatic heterocycles. The average Bonchev–Trinajstić information content (AvgIpc) is 3.17. The molecule has 0 bridgehead atoms. The van der Waals surface area contributed by atoms with Gasteiger partial charge in [-0.05, 0) is 29.8 Å². The third kappa shape index (κ3) is 3.60. The fourth-order valence-electron chi connectivity index (χ4n) is 2.50. The molecular formula is C20H19N3O. The number of hydrogen-bond donors (Lipinski definition) is 1. The quantitative estimate of drug-likeness (QED) is 0.561. The Hall–Kier alpha value is -3.14. The predicted octanol–water partition coefficient (Wildman–Crippen LogP) is 4.00. The van der Waals surface area contributed by atoms with Gasteiger partial charge in [0.25, 0.3) is 5.91 Å². The summed E-state index contributed by atoms with van der Waals surface area (Å²) in [6.45, 7) is 2.04. The topological polar surface area (TPSA) is 46.4 Å². The molecule has 0 radical (unpaired) electrons. The number of nitrogens with one attached hydrogen (secondary N) is 1. The van der Waals surface area contributed by atoms with Gasteiger partial charge < -0.3 is 4.57 Å². The first kappa shape index (κ1) is 15.7. The second kappa shape index (κ2) is 7.42. The summed E-state index contributed by atoms with van der Waals surface area (Å²) in [7, 11) is 0. The maximum Gasteiger partial charge on any atom is 0.273 e. The molecule has 0 saturated carbocycles. The van der Waals surface area contributed by atoms with Crippen molar-refractivity contribution in [2.24, 2.45) is 5.10 Å². The van der Waals surface area contributed by atoms with E-state index in [-0.39, 0.29) is 11.8 Å². The molecule has 1 amide bonds. The third-order valence-corrected chi connectivity index (χ3v) is 3.82. The Balaban J connectivity index is 1.71. The van der Waals surface area contributed by atoms with E-state index in [4.69, 9.17) is 0 Å². The molecule has 4 nitrogen and oxygen atoms in total. The maximum atomic E-state index is 12.4. The van der Waals surface area contributed by atoms with Crippen LogP contribution in [0.4, 0.5) is 0 Å². The van der Waals surface area contributed by atoms with E-state index < -0.39 is 0 Å². The number of carbonyl (C=O) groups is 1. The molecule has 0 fully saturated rings. The molecule has 0 saturated heterocycles. The van der Waals surface area contributed by atoms with Crippen molar-refractivity contribution in [3.05, 3.63) is 90.3 Å². The second-order valence-electron chi connectivity index (χ2n) is 5.53. The van der Waals surface area contributed by atoms with Crippen LogP contribution in [0.3, 0.4) is 0 Å². The highest BCUT2D eigenvalue weighted by Gasteiger charge is 2.11. The average molecular weight is 317 g/mol. The van der Waals surface area contributed by atoms with Crippen molar-refractivity contribution in [2.75, 3.05) is 0 Å². The van der Waals surface area contributed by atoms with Crippen LogP contribution in [0.15, 0.2) is 84.2 Å². The molecule has 24 heavy (non-hydrogen) atoms. The van der Waals surface area contributed by atoms with E-state index in [0.29, 0.717) is 5.56 Å². The summed E-state index contributed by atoms with van der Waals surface area (Å²) in [5.74, 6) is -0.0954. The lowest BCUT2D eigenvalue weighted by Crippen LogP contribution is -2.20. The molecule has 3 aromatic rings. The van der Waals surface area contributed by atoms with E-state index in [1.165, 1.54) is 0 Å². The zero-order chi connectivity index (χ0) is 16.8. The Morgan fingerprint density at radius 3 is 2.42 bits per heavy atom. The number of hydrogen-bond acceptors (Lipinski definition) is 2. The largest absolute Gasteiger partial charge is 0.323 e. The maximum absolute atomic E-state index is 12.4. The first-order valence-corrected chi connectivity index (χ1v) is 7.86. The monoisotopic (exact) mass is 317 g/mol. The number of aromatic nitrogens is 1. The summed E-state index contributed by atoms with van der Waals surface area (Å²) in [6, 6.07) is 21.4. The standard InChI is InChI=1S/C20H19N3O/c1-16(17-9-3-2-4-10-17)15-21-22-20(24)18-11-5-6-12-19(18)23-13-7-8-14-23/h2-16H,1H3,(H,22,24)/b21-15-/t16-/m0/s1. The fourth-order valence-corrected chi connectivity index (χ4v) is 2.50. The summed E-state index contributed by atoms with van der Waals surface area (Å²) in [6.07, 6.45) is 5.56. The summed E-state index contributed by atoms with van der Waals surface area (Å²) in [5, 5.41) is 4.11. The smallest absolute Gasteiger partial charge is 0.273 e. The van der Waals surface area contributed by atoms with Crippen LogP contribution in [0.5, 0.6) is 0 Å². The van der Waals surface area contributed by atoms with Crippen molar-refractivity contribution in [1.82, 2.24) is 9.99 Å². The Bertz CT molecular complexity index is 823. The molecule has 120 valence electrons. The van der Waals surface area contributed by atoms with E-state index in [1.807, 2.05) is 84.5 Å². The van der Waals surface area contributed by atoms with Crippen molar-refractivity contribution in [3.8, 4) is 5.69 Å². The first-order chi connectivity index (χ1) is 11.8. The number of benzene rings is 2. The van der Waals surface area contributed by atoms with Crippen LogP contribution < -0.4 is 5.43 Å². The summed E-state index contributed by atoms with van der Waals surface area (Å²) >= 11 is 0. The third-order valence-electron chi connectivity index (χ3n) is 3.82. The van der Waals surface area contributed by atoms with Gasteiger partial charge in [0.1, 0.15) is 0 Å². The van der Waals surface area contributed by atoms with Crippen molar-refractivity contribution in [1.29, 1.82) is 0 Å². The van der Waals surface area contributed by atoms with Crippen LogP contribution in [0.2, 0.25) is 0 Å². The van der Waals surface area contributed by atoms with Crippen LogP contribution in [-0.2, 0) is 0 Å². The number of hydrazone groups is 1. The van der Waals surface area contributed by atoms with E-state index >= 15 is 0 Å². The van der Waals surface area contributed by atoms with Crippen molar-refractivity contribution in [2.45, 2.75) is 12.8 Å². The number of amides is 1. The number of para-hydroxylation sites is 1. The Morgan fingerprint density at radius 2 is 1.67 bits per heavy atom. The minimum Gasteiger partial charge on any atom is -0.323 e. The molecule has 1 atom stereocenters. The predicted molar refractivity (Wildman–Crippen MR) is 96.6 cm³/mol. The van der Waals surface area contributed by atoms with Gasteiger partial charge in [-0.1, -0.05) is 49.4 Å². The second-order valence-corrected chi connectivity index (χ2v) is 5.53. The Kier molecular flexibility index (Phi) is 4.87. The summed E-state index contributed by atoms with van der Waals surface area (Å²) < 4.78 is 1.91. The molecule has 1 N–H and O–H groups in total. The van der Waals surface area contributed by atoms with Crippen molar-refractivity contribution in [3.63, 3.8) is 0 Å². The Morgan fingerprint density at radius 1 is 1.00 bits per heavy atom. The minimum atomic E-state index is -0.226. The van der Waals surface area contributed by atoms with E-state index in [9.17, 15) is 4.79 Å². The van der Waals surface area contributed by atoms with Gasteiger partial charge in [0.15, 0.2) is 0 Å². The van der Waals surface area contributed by atoms with Crippen LogP contribution in [-0.4, -0.2) is 16.7 Å². The van der Waals surface area contributed by atoms with Gasteiger partial charge in [-0.3, -0.25) is 4.79 Å². The Labute approximate surface area is 141 Å². The van der Waals surface area contributed by atoms with Gasteiger partial charge in [0.05, 0.1) is 11.3 Å². The summed E-state index contributed by atoms with van der Waals surface area (Å²) in [4.78, 5) is 12.4. The molecule has 1 heterocycles. The number of rotatable bonds is 5. The van der Waals surface area contributed by atoms with Crippen LogP contribution in [0, 0.1) is 0 Å². The molecule has 2 aromatic carbocycles. The highest BCUT2D eigenvalue weighted by molar-refractivity contribution is 5.98. The molecule has 0 unspecified atom stereocenters. The molecular weight excluding hydrogens is 298 g/mol. The minimum absolute atomic E-state index is 0.131. The van der Waals surface area contributed by atoms with Crippen LogP contribution >= 0.6 is 0 Å². The number of carbonyl (C=O) groups excluding carboxylic acids is 1. The normalized spacial score (nSPS) is 12.2. The number of nitrogens with zero attached hydrogens (tertiary/aromatic N) is 2. The molecule has 0 spiro atoms. The summed E-state index contributed by atoms with van der Waals surface area (Å²) in [5.41, 5.74) is 5.18. The lowest BCUT2D eigenvalue weighted by molar-refractivity contribution is 0.0955. The van der Waals surface area contributed by atoms with Crippen LogP contribution in [0.25, 0.3) is 5.69 Å². The van der Waals surface area contributed by atoms with Crippen molar-refractivity contribution >= 4 is 12.1 Å². The molecule has 4 heteroatoms. The molecule has 0 aliphatic rings. The van der Waals surface area contributed by atoms with Gasteiger partial charge in [-0.25, -0.2) is 5.43 Å². The highest BCUT2D eigenvalue weighted by Crippen LogP contribution is 2.15. The molecule has 1 aromatic heterocycles. The van der Waals surface area contributed by atoms with Gasteiger partial charge in [0.2, 0.25) is 0 Å². The van der Waals surface area contributed by atoms with Crippen LogP contribution in [0.1, 0.15) is 28.8 Å². The van der Waals surface area contributed by atoms with Gasteiger partial charge >= 0.3 is 0 Å². The van der Waals surface area contributed by atoms with Gasteiger partial charge in [-0.15, -0.1) is 0 Å². The molecule has 0 aliphatic carbocycles. The van der Waals surface area contributed by atoms with E-state index in [0.717, 1.165) is 11.3 Å².